The van der Waals surface area contributed by atoms with Crippen LogP contribution in [0.3, 0.4) is 0 Å². The van der Waals surface area contributed by atoms with E-state index in [-0.39, 0.29) is 6.04 Å². The van der Waals surface area contributed by atoms with E-state index in [1.165, 1.54) is 32.2 Å². The molecule has 0 aliphatic carbocycles. The molecule has 2 atom stereocenters. The molecular weight excluding hydrogens is 136 g/mol. The van der Waals surface area contributed by atoms with Crippen LogP contribution in [0.5, 0.6) is 0 Å². The van der Waals surface area contributed by atoms with E-state index in [1.807, 2.05) is 0 Å². The molecule has 2 fully saturated rings. The molecule has 0 amide bonds. The summed E-state index contributed by atoms with van der Waals surface area (Å²) in [5.74, 6) is 0. The zero-order valence-electron chi connectivity index (χ0n) is 6.79. The fourth-order valence-corrected chi connectivity index (χ4v) is 2.43. The van der Waals surface area contributed by atoms with Gasteiger partial charge in [-0.05, 0) is 38.6 Å². The van der Waals surface area contributed by atoms with Gasteiger partial charge in [0.1, 0.15) is 0 Å². The summed E-state index contributed by atoms with van der Waals surface area (Å²) in [7, 11) is 0. The number of hydrogen-bond acceptors (Lipinski definition) is 2. The predicted molar refractivity (Wildman–Crippen MR) is 43.0 cm³/mol. The Morgan fingerprint density at radius 1 is 1.18 bits per heavy atom. The maximum atomic E-state index is 8.85. The molecule has 0 spiro atoms. The van der Waals surface area contributed by atoms with Crippen LogP contribution in [0.25, 0.3) is 0 Å². The largest absolute Gasteiger partial charge is 0.285 e. The van der Waals surface area contributed by atoms with Crippen LogP contribution < -0.4 is 0 Å². The monoisotopic (exact) mass is 150 g/mol. The van der Waals surface area contributed by atoms with Crippen molar-refractivity contribution in [2.75, 3.05) is 6.54 Å². The van der Waals surface area contributed by atoms with Gasteiger partial charge in [0.05, 0.1) is 12.1 Å². The second-order valence-corrected chi connectivity index (χ2v) is 3.61. The van der Waals surface area contributed by atoms with Crippen LogP contribution in [0.4, 0.5) is 0 Å². The van der Waals surface area contributed by atoms with E-state index < -0.39 is 0 Å². The third kappa shape index (κ3) is 1.14. The van der Waals surface area contributed by atoms with E-state index in [4.69, 9.17) is 5.26 Å². The topological polar surface area (TPSA) is 27.0 Å². The van der Waals surface area contributed by atoms with Gasteiger partial charge in [-0.2, -0.15) is 5.26 Å². The molecule has 2 nitrogen and oxygen atoms in total. The van der Waals surface area contributed by atoms with Crippen LogP contribution in [-0.2, 0) is 0 Å². The van der Waals surface area contributed by atoms with Gasteiger partial charge in [-0.25, -0.2) is 0 Å². The van der Waals surface area contributed by atoms with Crippen LogP contribution in [0.2, 0.25) is 0 Å². The lowest BCUT2D eigenvalue weighted by atomic mass is 9.97. The summed E-state index contributed by atoms with van der Waals surface area (Å²) in [6.07, 6.45) is 6.34. The fourth-order valence-electron chi connectivity index (χ4n) is 2.43. The predicted octanol–water partition coefficient (Wildman–Crippen LogP) is 1.53. The van der Waals surface area contributed by atoms with Crippen molar-refractivity contribution >= 4 is 0 Å². The molecule has 2 rings (SSSR count). The van der Waals surface area contributed by atoms with Crippen molar-refractivity contribution in [1.29, 1.82) is 5.26 Å². The van der Waals surface area contributed by atoms with E-state index >= 15 is 0 Å². The van der Waals surface area contributed by atoms with Crippen LogP contribution >= 0.6 is 0 Å². The van der Waals surface area contributed by atoms with Crippen molar-refractivity contribution in [2.45, 2.75) is 44.2 Å². The van der Waals surface area contributed by atoms with Gasteiger partial charge in [0.15, 0.2) is 0 Å². The second kappa shape index (κ2) is 2.83. The first kappa shape index (κ1) is 7.12. The lowest BCUT2D eigenvalue weighted by molar-refractivity contribution is 0.157. The smallest absolute Gasteiger partial charge is 0.0980 e. The number of piperidine rings is 1. The maximum absolute atomic E-state index is 8.85. The summed E-state index contributed by atoms with van der Waals surface area (Å²) >= 11 is 0. The van der Waals surface area contributed by atoms with Crippen molar-refractivity contribution in [3.63, 3.8) is 0 Å². The Morgan fingerprint density at radius 3 is 2.82 bits per heavy atom. The summed E-state index contributed by atoms with van der Waals surface area (Å²) in [6.45, 7) is 1.17. The molecular formula is C9H14N2. The highest BCUT2D eigenvalue weighted by Gasteiger charge is 2.33. The number of nitrogens with zero attached hydrogens (tertiary/aromatic N) is 2. The van der Waals surface area contributed by atoms with E-state index in [0.717, 1.165) is 12.5 Å². The molecule has 60 valence electrons. The molecule has 2 heterocycles. The van der Waals surface area contributed by atoms with Crippen molar-refractivity contribution < 1.29 is 0 Å². The van der Waals surface area contributed by atoms with E-state index in [2.05, 4.69) is 11.0 Å². The van der Waals surface area contributed by atoms with Crippen LogP contribution in [-0.4, -0.2) is 23.5 Å². The number of hydrogen-bond donors (Lipinski definition) is 0. The number of fused-ring (bicyclic) bond motifs is 1. The summed E-state index contributed by atoms with van der Waals surface area (Å²) in [5.41, 5.74) is 0. The third-order valence-corrected chi connectivity index (χ3v) is 2.99. The zero-order chi connectivity index (χ0) is 7.68. The van der Waals surface area contributed by atoms with Crippen LogP contribution in [0, 0.1) is 11.3 Å². The molecule has 0 aromatic heterocycles. The molecule has 0 bridgehead atoms. The van der Waals surface area contributed by atoms with Crippen molar-refractivity contribution in [1.82, 2.24) is 4.90 Å². The minimum Gasteiger partial charge on any atom is -0.285 e. The van der Waals surface area contributed by atoms with Crippen LogP contribution in [0.15, 0.2) is 0 Å². The summed E-state index contributed by atoms with van der Waals surface area (Å²) in [4.78, 5) is 2.41. The quantitative estimate of drug-likeness (QED) is 0.523. The molecule has 2 saturated heterocycles. The normalized spacial score (nSPS) is 38.1. The summed E-state index contributed by atoms with van der Waals surface area (Å²) in [6, 6.07) is 3.41. The van der Waals surface area contributed by atoms with Gasteiger partial charge in [-0.1, -0.05) is 0 Å². The molecule has 0 aromatic rings. The van der Waals surface area contributed by atoms with Crippen molar-refractivity contribution in [2.24, 2.45) is 0 Å². The Morgan fingerprint density at radius 2 is 2.00 bits per heavy atom. The second-order valence-electron chi connectivity index (χ2n) is 3.61. The highest BCUT2D eigenvalue weighted by atomic mass is 15.2. The average Bonchev–Trinajstić information content (AvgIpc) is 2.50. The first-order valence-corrected chi connectivity index (χ1v) is 4.57. The first-order chi connectivity index (χ1) is 5.42. The van der Waals surface area contributed by atoms with Gasteiger partial charge in [0.25, 0.3) is 0 Å². The number of nitriles is 1. The fraction of sp³-hybridized carbons (Fsp3) is 0.889. The molecule has 0 saturated carbocycles. The minimum absolute atomic E-state index is 0.247. The van der Waals surface area contributed by atoms with E-state index in [1.54, 1.807) is 0 Å². The Labute approximate surface area is 67.8 Å². The summed E-state index contributed by atoms with van der Waals surface area (Å²) < 4.78 is 0. The Hall–Kier alpha value is -0.550. The van der Waals surface area contributed by atoms with E-state index in [9.17, 15) is 0 Å². The molecule has 2 aliphatic heterocycles. The molecule has 0 unspecified atom stereocenters. The zero-order valence-corrected chi connectivity index (χ0v) is 6.79. The van der Waals surface area contributed by atoms with Gasteiger partial charge in [-0.3, -0.25) is 4.90 Å². The average molecular weight is 150 g/mol. The molecule has 0 radical (unpaired) electrons. The molecule has 2 aliphatic rings. The third-order valence-electron chi connectivity index (χ3n) is 2.99. The number of rotatable bonds is 0. The highest BCUT2D eigenvalue weighted by molar-refractivity contribution is 4.99. The Kier molecular flexibility index (Phi) is 1.83. The molecule has 11 heavy (non-hydrogen) atoms. The molecule has 0 N–H and O–H groups in total. The van der Waals surface area contributed by atoms with Gasteiger partial charge < -0.3 is 0 Å². The standard InChI is InChI=1S/C9H14N2/c10-7-9-4-1-3-8-5-2-6-11(8)9/h8-9H,1-6H2/t8-,9-/m1/s1. The van der Waals surface area contributed by atoms with Crippen molar-refractivity contribution in [3.05, 3.63) is 0 Å². The van der Waals surface area contributed by atoms with E-state index in [0.29, 0.717) is 0 Å². The maximum Gasteiger partial charge on any atom is 0.0980 e. The Bertz CT molecular complexity index is 182. The van der Waals surface area contributed by atoms with Gasteiger partial charge in [-0.15, -0.1) is 0 Å². The summed E-state index contributed by atoms with van der Waals surface area (Å²) in [5, 5.41) is 8.85. The highest BCUT2D eigenvalue weighted by Crippen LogP contribution is 2.30. The lowest BCUT2D eigenvalue weighted by Gasteiger charge is -2.33. The molecule has 0 aromatic carbocycles. The minimum atomic E-state index is 0.247. The SMILES string of the molecule is N#C[C@H]1CCC[C@@H]2CCCN21. The molecule has 2 heteroatoms. The van der Waals surface area contributed by atoms with Gasteiger partial charge >= 0.3 is 0 Å². The first-order valence-electron chi connectivity index (χ1n) is 4.57. The van der Waals surface area contributed by atoms with Gasteiger partial charge in [0, 0.05) is 6.04 Å². The Balaban J connectivity index is 2.08. The lowest BCUT2D eigenvalue weighted by Crippen LogP contribution is -2.41. The van der Waals surface area contributed by atoms with Crippen molar-refractivity contribution in [3.8, 4) is 6.07 Å². The van der Waals surface area contributed by atoms with Gasteiger partial charge in [0.2, 0.25) is 0 Å². The van der Waals surface area contributed by atoms with Crippen LogP contribution in [0.1, 0.15) is 32.1 Å².